The summed E-state index contributed by atoms with van der Waals surface area (Å²) in [7, 11) is -3.67. The van der Waals surface area contributed by atoms with Gasteiger partial charge in [-0.15, -0.1) is 0 Å². The topological polar surface area (TPSA) is 111 Å². The molecule has 0 aromatic heterocycles. The number of ether oxygens (including phenoxy) is 2. The zero-order chi connectivity index (χ0) is 20.0. The summed E-state index contributed by atoms with van der Waals surface area (Å²) in [5.74, 6) is 0.499. The molecule has 0 saturated carbocycles. The second-order valence-electron chi connectivity index (χ2n) is 7.33. The van der Waals surface area contributed by atoms with Gasteiger partial charge in [-0.2, -0.15) is 0 Å². The first kappa shape index (κ1) is 21.2. The SMILES string of the molecule is NS(=O)(=O)c1ccc(CCNC(=O)CCN2CCC(C3OCCO3)CC2)cc1. The van der Waals surface area contributed by atoms with Crippen LogP contribution in [0.25, 0.3) is 0 Å². The summed E-state index contributed by atoms with van der Waals surface area (Å²) in [5.41, 5.74) is 0.950. The molecule has 0 spiro atoms. The second-order valence-corrected chi connectivity index (χ2v) is 8.89. The number of benzene rings is 1. The van der Waals surface area contributed by atoms with Crippen LogP contribution in [-0.2, 0) is 30.7 Å². The molecule has 0 bridgehead atoms. The molecular weight excluding hydrogens is 382 g/mol. The quantitative estimate of drug-likeness (QED) is 0.643. The van der Waals surface area contributed by atoms with Crippen molar-refractivity contribution >= 4 is 15.9 Å². The van der Waals surface area contributed by atoms with Crippen molar-refractivity contribution in [3.63, 3.8) is 0 Å². The third-order valence-corrected chi connectivity index (χ3v) is 6.24. The first-order valence-corrected chi connectivity index (χ1v) is 11.3. The summed E-state index contributed by atoms with van der Waals surface area (Å²) in [4.78, 5) is 14.5. The van der Waals surface area contributed by atoms with Crippen molar-refractivity contribution in [2.24, 2.45) is 11.1 Å². The maximum Gasteiger partial charge on any atom is 0.238 e. The van der Waals surface area contributed by atoms with Crippen LogP contribution in [0.2, 0.25) is 0 Å². The van der Waals surface area contributed by atoms with Crippen molar-refractivity contribution in [2.45, 2.75) is 36.9 Å². The number of likely N-dealkylation sites (tertiary alicyclic amines) is 1. The standard InChI is InChI=1S/C19H29N3O5S/c20-28(24,25)17-3-1-15(2-4-17)5-9-21-18(23)8-12-22-10-6-16(7-11-22)19-26-13-14-27-19/h1-4,16,19H,5-14H2,(H,21,23)(H2,20,24,25). The van der Waals surface area contributed by atoms with E-state index in [9.17, 15) is 13.2 Å². The van der Waals surface area contributed by atoms with E-state index in [-0.39, 0.29) is 17.1 Å². The first-order chi connectivity index (χ1) is 13.4. The smallest absolute Gasteiger partial charge is 0.238 e. The fourth-order valence-electron chi connectivity index (χ4n) is 3.64. The molecule has 2 aliphatic rings. The Balaban J connectivity index is 1.30. The van der Waals surface area contributed by atoms with Gasteiger partial charge < -0.3 is 19.7 Å². The molecule has 9 heteroatoms. The van der Waals surface area contributed by atoms with Crippen molar-refractivity contribution in [3.8, 4) is 0 Å². The highest BCUT2D eigenvalue weighted by Gasteiger charge is 2.30. The van der Waals surface area contributed by atoms with Gasteiger partial charge in [-0.1, -0.05) is 12.1 Å². The van der Waals surface area contributed by atoms with E-state index in [1.165, 1.54) is 12.1 Å². The summed E-state index contributed by atoms with van der Waals surface area (Å²) in [6, 6.07) is 6.40. The van der Waals surface area contributed by atoms with Gasteiger partial charge in [0.15, 0.2) is 6.29 Å². The zero-order valence-electron chi connectivity index (χ0n) is 16.0. The molecule has 0 aliphatic carbocycles. The Hall–Kier alpha value is -1.52. The Morgan fingerprint density at radius 1 is 1.14 bits per heavy atom. The van der Waals surface area contributed by atoms with Crippen molar-refractivity contribution in [3.05, 3.63) is 29.8 Å². The predicted molar refractivity (Wildman–Crippen MR) is 104 cm³/mol. The van der Waals surface area contributed by atoms with Crippen molar-refractivity contribution in [2.75, 3.05) is 39.4 Å². The van der Waals surface area contributed by atoms with Gasteiger partial charge >= 0.3 is 0 Å². The van der Waals surface area contributed by atoms with Crippen LogP contribution in [0, 0.1) is 5.92 Å². The summed E-state index contributed by atoms with van der Waals surface area (Å²) in [5, 5.41) is 8.00. The lowest BCUT2D eigenvalue weighted by atomic mass is 9.96. The van der Waals surface area contributed by atoms with Crippen LogP contribution in [0.15, 0.2) is 29.2 Å². The maximum absolute atomic E-state index is 12.1. The molecule has 0 radical (unpaired) electrons. The van der Waals surface area contributed by atoms with Gasteiger partial charge in [0.05, 0.1) is 18.1 Å². The number of rotatable bonds is 8. The van der Waals surface area contributed by atoms with Crippen LogP contribution in [0.3, 0.4) is 0 Å². The van der Waals surface area contributed by atoms with Crippen LogP contribution in [0.5, 0.6) is 0 Å². The highest BCUT2D eigenvalue weighted by molar-refractivity contribution is 7.89. The largest absolute Gasteiger partial charge is 0.356 e. The summed E-state index contributed by atoms with van der Waals surface area (Å²) < 4.78 is 33.7. The van der Waals surface area contributed by atoms with Crippen LogP contribution >= 0.6 is 0 Å². The van der Waals surface area contributed by atoms with Gasteiger partial charge in [-0.25, -0.2) is 13.6 Å². The fraction of sp³-hybridized carbons (Fsp3) is 0.632. The third-order valence-electron chi connectivity index (χ3n) is 5.31. The minimum absolute atomic E-state index is 0.0331. The predicted octanol–water partition coefficient (Wildman–Crippen LogP) is 0.468. The Bertz CT molecular complexity index is 739. The Labute approximate surface area is 166 Å². The third kappa shape index (κ3) is 6.25. The molecule has 2 fully saturated rings. The number of nitrogens with zero attached hydrogens (tertiary/aromatic N) is 1. The monoisotopic (exact) mass is 411 g/mol. The number of carbonyl (C=O) groups is 1. The zero-order valence-corrected chi connectivity index (χ0v) is 16.8. The van der Waals surface area contributed by atoms with Gasteiger partial charge in [-0.3, -0.25) is 4.79 Å². The lowest BCUT2D eigenvalue weighted by Crippen LogP contribution is -2.40. The Kier molecular flexibility index (Phi) is 7.42. The number of hydrogen-bond donors (Lipinski definition) is 2. The molecule has 1 amide bonds. The van der Waals surface area contributed by atoms with E-state index in [2.05, 4.69) is 10.2 Å². The van der Waals surface area contributed by atoms with Crippen LogP contribution in [0.1, 0.15) is 24.8 Å². The fourth-order valence-corrected chi connectivity index (χ4v) is 4.15. The number of carbonyl (C=O) groups excluding carboxylic acids is 1. The van der Waals surface area contributed by atoms with E-state index in [0.29, 0.717) is 38.5 Å². The number of hydrogen-bond acceptors (Lipinski definition) is 6. The molecule has 1 aromatic carbocycles. The lowest BCUT2D eigenvalue weighted by Gasteiger charge is -2.33. The minimum atomic E-state index is -3.67. The van der Waals surface area contributed by atoms with E-state index in [4.69, 9.17) is 14.6 Å². The lowest BCUT2D eigenvalue weighted by molar-refractivity contribution is -0.121. The van der Waals surface area contributed by atoms with Crippen molar-refractivity contribution in [1.29, 1.82) is 0 Å². The van der Waals surface area contributed by atoms with Gasteiger partial charge in [0.2, 0.25) is 15.9 Å². The number of amides is 1. The van der Waals surface area contributed by atoms with Crippen LogP contribution < -0.4 is 10.5 Å². The highest BCUT2D eigenvalue weighted by atomic mass is 32.2. The minimum Gasteiger partial charge on any atom is -0.356 e. The summed E-state index contributed by atoms with van der Waals surface area (Å²) >= 11 is 0. The van der Waals surface area contributed by atoms with Gasteiger partial charge in [0.25, 0.3) is 0 Å². The summed E-state index contributed by atoms with van der Waals surface area (Å²) in [6.07, 6.45) is 3.17. The number of sulfonamides is 1. The molecule has 8 nitrogen and oxygen atoms in total. The average Bonchev–Trinajstić information content (AvgIpc) is 3.21. The van der Waals surface area contributed by atoms with E-state index < -0.39 is 10.0 Å². The number of nitrogens with one attached hydrogen (secondary N) is 1. The van der Waals surface area contributed by atoms with Gasteiger partial charge in [-0.05, 0) is 50.0 Å². The molecular formula is C19H29N3O5S. The molecule has 2 heterocycles. The van der Waals surface area contributed by atoms with E-state index >= 15 is 0 Å². The molecule has 2 aliphatic heterocycles. The van der Waals surface area contributed by atoms with Crippen LogP contribution in [0.4, 0.5) is 0 Å². The second kappa shape index (κ2) is 9.80. The van der Waals surface area contributed by atoms with Gasteiger partial charge in [0.1, 0.15) is 0 Å². The molecule has 2 saturated heterocycles. The molecule has 28 heavy (non-hydrogen) atoms. The van der Waals surface area contributed by atoms with Crippen molar-refractivity contribution < 1.29 is 22.7 Å². The molecule has 3 N–H and O–H groups in total. The van der Waals surface area contributed by atoms with Crippen molar-refractivity contribution in [1.82, 2.24) is 10.2 Å². The molecule has 156 valence electrons. The maximum atomic E-state index is 12.1. The molecule has 0 atom stereocenters. The summed E-state index contributed by atoms with van der Waals surface area (Å²) in [6.45, 7) is 4.61. The highest BCUT2D eigenvalue weighted by Crippen LogP contribution is 2.25. The molecule has 1 aromatic rings. The number of piperidine rings is 1. The van der Waals surface area contributed by atoms with Gasteiger partial charge in [0, 0.05) is 25.4 Å². The first-order valence-electron chi connectivity index (χ1n) is 9.76. The van der Waals surface area contributed by atoms with E-state index in [1.807, 2.05) is 0 Å². The van der Waals surface area contributed by atoms with E-state index in [0.717, 1.165) is 38.0 Å². The molecule has 0 unspecified atom stereocenters. The average molecular weight is 412 g/mol. The normalized spacial score (nSPS) is 19.8. The number of primary sulfonamides is 1. The van der Waals surface area contributed by atoms with E-state index in [1.54, 1.807) is 12.1 Å². The Morgan fingerprint density at radius 3 is 2.39 bits per heavy atom. The van der Waals surface area contributed by atoms with Crippen LogP contribution in [-0.4, -0.2) is 64.9 Å². The Morgan fingerprint density at radius 2 is 1.79 bits per heavy atom. The number of nitrogens with two attached hydrogens (primary N) is 1. The molecule has 3 rings (SSSR count).